The summed E-state index contributed by atoms with van der Waals surface area (Å²) in [6.45, 7) is 6.71. The minimum atomic E-state index is 0.599. The molecule has 0 aliphatic rings. The van der Waals surface area contributed by atoms with Crippen LogP contribution in [0.4, 0.5) is 0 Å². The molecule has 0 aliphatic heterocycles. The summed E-state index contributed by atoms with van der Waals surface area (Å²) in [5.41, 5.74) is 3.79. The van der Waals surface area contributed by atoms with E-state index in [1.807, 2.05) is 16.9 Å². The third kappa shape index (κ3) is 2.63. The van der Waals surface area contributed by atoms with E-state index in [9.17, 15) is 0 Å². The molecule has 1 heterocycles. The van der Waals surface area contributed by atoms with Gasteiger partial charge < -0.3 is 0 Å². The molecule has 0 saturated heterocycles. The van der Waals surface area contributed by atoms with Gasteiger partial charge in [0.15, 0.2) is 0 Å². The van der Waals surface area contributed by atoms with Crippen LogP contribution in [0.2, 0.25) is 0 Å². The summed E-state index contributed by atoms with van der Waals surface area (Å²) in [4.78, 5) is 0. The molecule has 2 heteroatoms. The molecule has 0 spiro atoms. The van der Waals surface area contributed by atoms with Gasteiger partial charge in [-0.2, -0.15) is 5.10 Å². The first kappa shape index (κ1) is 12.9. The predicted molar refractivity (Wildman–Crippen MR) is 76.2 cm³/mol. The SMILES string of the molecule is CCCCC(C)c1cnn(-c2ccccc2)c1C. The molecule has 96 valence electrons. The smallest absolute Gasteiger partial charge is 0.0648 e. The van der Waals surface area contributed by atoms with Crippen LogP contribution >= 0.6 is 0 Å². The molecule has 1 atom stereocenters. The van der Waals surface area contributed by atoms with Crippen LogP contribution in [0.1, 0.15) is 50.3 Å². The summed E-state index contributed by atoms with van der Waals surface area (Å²) < 4.78 is 2.04. The Balaban J connectivity index is 2.24. The van der Waals surface area contributed by atoms with Crippen molar-refractivity contribution in [3.05, 3.63) is 47.8 Å². The minimum Gasteiger partial charge on any atom is -0.238 e. The number of hydrogen-bond acceptors (Lipinski definition) is 1. The van der Waals surface area contributed by atoms with Gasteiger partial charge in [0.05, 0.1) is 11.9 Å². The second-order valence-corrected chi connectivity index (χ2v) is 4.98. The maximum atomic E-state index is 4.53. The van der Waals surface area contributed by atoms with Gasteiger partial charge in [-0.1, -0.05) is 44.9 Å². The van der Waals surface area contributed by atoms with E-state index in [0.717, 1.165) is 5.69 Å². The quantitative estimate of drug-likeness (QED) is 0.756. The van der Waals surface area contributed by atoms with Gasteiger partial charge >= 0.3 is 0 Å². The van der Waals surface area contributed by atoms with Crippen LogP contribution in [0, 0.1) is 6.92 Å². The molecule has 0 radical (unpaired) electrons. The van der Waals surface area contributed by atoms with Crippen molar-refractivity contribution in [3.63, 3.8) is 0 Å². The molecule has 0 N–H and O–H groups in total. The van der Waals surface area contributed by atoms with Gasteiger partial charge in [0.1, 0.15) is 0 Å². The number of rotatable bonds is 5. The molecule has 0 amide bonds. The maximum absolute atomic E-state index is 4.53. The van der Waals surface area contributed by atoms with Crippen molar-refractivity contribution >= 4 is 0 Å². The topological polar surface area (TPSA) is 17.8 Å². The molecule has 2 nitrogen and oxygen atoms in total. The Morgan fingerprint density at radius 2 is 1.94 bits per heavy atom. The van der Waals surface area contributed by atoms with Gasteiger partial charge in [-0.3, -0.25) is 0 Å². The number of nitrogens with zero attached hydrogens (tertiary/aromatic N) is 2. The number of unbranched alkanes of at least 4 members (excludes halogenated alkanes) is 1. The van der Waals surface area contributed by atoms with Crippen molar-refractivity contribution in [1.29, 1.82) is 0 Å². The third-order valence-corrected chi connectivity index (χ3v) is 3.57. The average molecular weight is 242 g/mol. The van der Waals surface area contributed by atoms with Gasteiger partial charge in [-0.15, -0.1) is 0 Å². The first-order valence-electron chi connectivity index (χ1n) is 6.84. The molecule has 1 aromatic heterocycles. The van der Waals surface area contributed by atoms with Crippen LogP contribution in [0.5, 0.6) is 0 Å². The summed E-state index contributed by atoms with van der Waals surface area (Å²) in [6.07, 6.45) is 5.83. The largest absolute Gasteiger partial charge is 0.238 e. The van der Waals surface area contributed by atoms with Gasteiger partial charge in [-0.05, 0) is 37.0 Å². The van der Waals surface area contributed by atoms with Crippen LogP contribution in [0.3, 0.4) is 0 Å². The lowest BCUT2D eigenvalue weighted by molar-refractivity contribution is 0.621. The van der Waals surface area contributed by atoms with E-state index >= 15 is 0 Å². The fourth-order valence-electron chi connectivity index (χ4n) is 2.40. The summed E-state index contributed by atoms with van der Waals surface area (Å²) >= 11 is 0. The van der Waals surface area contributed by atoms with Crippen LogP contribution in [0.15, 0.2) is 36.5 Å². The highest BCUT2D eigenvalue weighted by molar-refractivity contribution is 5.35. The Bertz CT molecular complexity index is 485. The zero-order valence-electron chi connectivity index (χ0n) is 11.6. The molecule has 1 unspecified atom stereocenters. The Hall–Kier alpha value is -1.57. The highest BCUT2D eigenvalue weighted by Gasteiger charge is 2.13. The second-order valence-electron chi connectivity index (χ2n) is 4.98. The second kappa shape index (κ2) is 5.85. The van der Waals surface area contributed by atoms with E-state index in [-0.39, 0.29) is 0 Å². The Morgan fingerprint density at radius 3 is 2.61 bits per heavy atom. The first-order valence-corrected chi connectivity index (χ1v) is 6.84. The lowest BCUT2D eigenvalue weighted by atomic mass is 9.96. The number of hydrogen-bond donors (Lipinski definition) is 0. The van der Waals surface area contributed by atoms with E-state index in [0.29, 0.717) is 5.92 Å². The van der Waals surface area contributed by atoms with Gasteiger partial charge in [0.25, 0.3) is 0 Å². The molecule has 0 bridgehead atoms. The highest BCUT2D eigenvalue weighted by Crippen LogP contribution is 2.25. The van der Waals surface area contributed by atoms with Gasteiger partial charge in [0, 0.05) is 5.69 Å². The molecule has 0 saturated carbocycles. The number of benzene rings is 1. The molecular formula is C16H22N2. The predicted octanol–water partition coefficient (Wildman–Crippen LogP) is 4.47. The molecule has 0 fully saturated rings. The normalized spacial score (nSPS) is 12.6. The van der Waals surface area contributed by atoms with Crippen molar-refractivity contribution in [1.82, 2.24) is 9.78 Å². The summed E-state index contributed by atoms with van der Waals surface area (Å²) in [6, 6.07) is 10.3. The Labute approximate surface area is 110 Å². The van der Waals surface area contributed by atoms with Crippen LogP contribution < -0.4 is 0 Å². The van der Waals surface area contributed by atoms with Crippen molar-refractivity contribution in [2.75, 3.05) is 0 Å². The molecule has 18 heavy (non-hydrogen) atoms. The van der Waals surface area contributed by atoms with Crippen molar-refractivity contribution in [2.24, 2.45) is 0 Å². The molecular weight excluding hydrogens is 220 g/mol. The summed E-state index contributed by atoms with van der Waals surface area (Å²) in [5, 5.41) is 4.53. The third-order valence-electron chi connectivity index (χ3n) is 3.57. The van der Waals surface area contributed by atoms with E-state index in [4.69, 9.17) is 0 Å². The van der Waals surface area contributed by atoms with E-state index in [2.05, 4.69) is 50.1 Å². The number of para-hydroxylation sites is 1. The first-order chi connectivity index (χ1) is 8.74. The van der Waals surface area contributed by atoms with Crippen LogP contribution in [0.25, 0.3) is 5.69 Å². The van der Waals surface area contributed by atoms with Crippen molar-refractivity contribution < 1.29 is 0 Å². The lowest BCUT2D eigenvalue weighted by Crippen LogP contribution is -2.00. The lowest BCUT2D eigenvalue weighted by Gasteiger charge is -2.11. The molecule has 0 aliphatic carbocycles. The van der Waals surface area contributed by atoms with E-state index in [1.165, 1.54) is 30.5 Å². The zero-order chi connectivity index (χ0) is 13.0. The van der Waals surface area contributed by atoms with Crippen LogP contribution in [-0.4, -0.2) is 9.78 Å². The standard InChI is InChI=1S/C16H22N2/c1-4-5-9-13(2)16-12-17-18(14(16)3)15-10-7-6-8-11-15/h6-8,10-13H,4-5,9H2,1-3H3. The summed E-state index contributed by atoms with van der Waals surface area (Å²) in [7, 11) is 0. The number of aromatic nitrogens is 2. The fourth-order valence-corrected chi connectivity index (χ4v) is 2.40. The molecule has 2 aromatic rings. The average Bonchev–Trinajstić information content (AvgIpc) is 2.79. The van der Waals surface area contributed by atoms with Gasteiger partial charge in [0.2, 0.25) is 0 Å². The summed E-state index contributed by atoms with van der Waals surface area (Å²) in [5.74, 6) is 0.599. The molecule has 1 aromatic carbocycles. The van der Waals surface area contributed by atoms with Gasteiger partial charge in [-0.25, -0.2) is 4.68 Å². The van der Waals surface area contributed by atoms with E-state index < -0.39 is 0 Å². The highest BCUT2D eigenvalue weighted by atomic mass is 15.3. The molecule has 2 rings (SSSR count). The fraction of sp³-hybridized carbons (Fsp3) is 0.438. The zero-order valence-corrected chi connectivity index (χ0v) is 11.6. The van der Waals surface area contributed by atoms with E-state index in [1.54, 1.807) is 0 Å². The maximum Gasteiger partial charge on any atom is 0.0648 e. The monoisotopic (exact) mass is 242 g/mol. The van der Waals surface area contributed by atoms with Crippen LogP contribution in [-0.2, 0) is 0 Å². The van der Waals surface area contributed by atoms with Crippen molar-refractivity contribution in [2.45, 2.75) is 46.0 Å². The Morgan fingerprint density at radius 1 is 1.22 bits per heavy atom. The Kier molecular flexibility index (Phi) is 4.19. The van der Waals surface area contributed by atoms with Crippen molar-refractivity contribution in [3.8, 4) is 5.69 Å². The minimum absolute atomic E-state index is 0.599.